The number of benzene rings is 1. The van der Waals surface area contributed by atoms with Gasteiger partial charge in [0.25, 0.3) is 0 Å². The quantitative estimate of drug-likeness (QED) is 0.784. The first-order chi connectivity index (χ1) is 8.54. The van der Waals surface area contributed by atoms with Gasteiger partial charge in [0.15, 0.2) is 6.29 Å². The topological polar surface area (TPSA) is 34.9 Å². The van der Waals surface area contributed by atoms with Crippen LogP contribution in [0.1, 0.15) is 30.2 Å². The molecule has 0 saturated carbocycles. The first kappa shape index (κ1) is 12.4. The molecule has 0 bridgehead atoms. The van der Waals surface area contributed by atoms with Crippen molar-refractivity contribution in [1.82, 2.24) is 9.78 Å². The van der Waals surface area contributed by atoms with E-state index >= 15 is 0 Å². The van der Waals surface area contributed by atoms with Gasteiger partial charge in [-0.3, -0.25) is 4.79 Å². The number of carbonyl (C=O) groups is 1. The Morgan fingerprint density at radius 1 is 1.33 bits per heavy atom. The van der Waals surface area contributed by atoms with Crippen molar-refractivity contribution in [2.45, 2.75) is 19.9 Å². The van der Waals surface area contributed by atoms with E-state index in [4.69, 9.17) is 0 Å². The van der Waals surface area contributed by atoms with Crippen molar-refractivity contribution in [3.63, 3.8) is 0 Å². The Morgan fingerprint density at radius 2 is 2.06 bits per heavy atom. The summed E-state index contributed by atoms with van der Waals surface area (Å²) in [5.74, 6) is -1.11. The lowest BCUT2D eigenvalue weighted by Gasteiger charge is -2.06. The summed E-state index contributed by atoms with van der Waals surface area (Å²) in [6.07, 6.45) is 1.78. The lowest BCUT2D eigenvalue weighted by Crippen LogP contribution is -2.05. The average Bonchev–Trinajstić information content (AvgIpc) is 2.72. The lowest BCUT2D eigenvalue weighted by atomic mass is 10.1. The van der Waals surface area contributed by atoms with Crippen molar-refractivity contribution < 1.29 is 13.6 Å². The maximum absolute atomic E-state index is 14.0. The minimum absolute atomic E-state index is 0.0933. The van der Waals surface area contributed by atoms with E-state index < -0.39 is 11.8 Å². The van der Waals surface area contributed by atoms with Crippen molar-refractivity contribution in [3.8, 4) is 11.1 Å². The largest absolute Gasteiger partial charge is 0.298 e. The normalized spacial score (nSPS) is 10.9. The second-order valence-electron chi connectivity index (χ2n) is 4.24. The van der Waals surface area contributed by atoms with Crippen LogP contribution >= 0.6 is 0 Å². The molecule has 1 aromatic carbocycles. The first-order valence-electron chi connectivity index (χ1n) is 5.52. The molecule has 18 heavy (non-hydrogen) atoms. The zero-order valence-electron chi connectivity index (χ0n) is 10.0. The van der Waals surface area contributed by atoms with Crippen LogP contribution in [0, 0.1) is 11.8 Å². The standard InChI is InChI=1S/C13H12F2N2O/c1-8(2)17-13(15)11(6-16-17)9-3-4-12(14)10(5-9)7-18/h3-8H,1-2H3. The van der Waals surface area contributed by atoms with Crippen LogP contribution < -0.4 is 0 Å². The fourth-order valence-electron chi connectivity index (χ4n) is 1.70. The molecule has 0 spiro atoms. The molecule has 94 valence electrons. The third kappa shape index (κ3) is 2.03. The summed E-state index contributed by atoms with van der Waals surface area (Å²) >= 11 is 0. The van der Waals surface area contributed by atoms with Crippen LogP contribution in [-0.4, -0.2) is 16.1 Å². The van der Waals surface area contributed by atoms with E-state index in [9.17, 15) is 13.6 Å². The van der Waals surface area contributed by atoms with Crippen molar-refractivity contribution in [2.75, 3.05) is 0 Å². The Balaban J connectivity index is 2.52. The predicted octanol–water partition coefficient (Wildman–Crippen LogP) is 3.22. The van der Waals surface area contributed by atoms with Gasteiger partial charge in [0.2, 0.25) is 5.95 Å². The molecule has 2 aromatic rings. The highest BCUT2D eigenvalue weighted by atomic mass is 19.1. The smallest absolute Gasteiger partial charge is 0.219 e. The van der Waals surface area contributed by atoms with Gasteiger partial charge in [0, 0.05) is 6.04 Å². The molecule has 0 radical (unpaired) electrons. The highest BCUT2D eigenvalue weighted by Gasteiger charge is 2.15. The van der Waals surface area contributed by atoms with Gasteiger partial charge < -0.3 is 0 Å². The van der Waals surface area contributed by atoms with Crippen molar-refractivity contribution in [3.05, 3.63) is 41.7 Å². The van der Waals surface area contributed by atoms with Gasteiger partial charge in [0.1, 0.15) is 5.82 Å². The fourth-order valence-corrected chi connectivity index (χ4v) is 1.70. The monoisotopic (exact) mass is 250 g/mol. The van der Waals surface area contributed by atoms with Gasteiger partial charge in [0.05, 0.1) is 17.3 Å². The summed E-state index contributed by atoms with van der Waals surface area (Å²) in [5.41, 5.74) is 0.596. The molecular weight excluding hydrogens is 238 g/mol. The molecule has 0 N–H and O–H groups in total. The fraction of sp³-hybridized carbons (Fsp3) is 0.231. The Bertz CT molecular complexity index is 591. The lowest BCUT2D eigenvalue weighted by molar-refractivity contribution is 0.112. The van der Waals surface area contributed by atoms with E-state index in [1.165, 1.54) is 23.0 Å². The van der Waals surface area contributed by atoms with E-state index in [0.717, 1.165) is 6.07 Å². The summed E-state index contributed by atoms with van der Waals surface area (Å²) in [6, 6.07) is 3.77. The van der Waals surface area contributed by atoms with E-state index in [2.05, 4.69) is 5.10 Å². The van der Waals surface area contributed by atoms with Gasteiger partial charge in [-0.05, 0) is 31.5 Å². The zero-order chi connectivity index (χ0) is 13.3. The summed E-state index contributed by atoms with van der Waals surface area (Å²) in [4.78, 5) is 10.7. The maximum atomic E-state index is 14.0. The van der Waals surface area contributed by atoms with E-state index in [0.29, 0.717) is 11.8 Å². The highest BCUT2D eigenvalue weighted by Crippen LogP contribution is 2.25. The van der Waals surface area contributed by atoms with Crippen LogP contribution in [0.3, 0.4) is 0 Å². The second-order valence-corrected chi connectivity index (χ2v) is 4.24. The van der Waals surface area contributed by atoms with Crippen molar-refractivity contribution in [1.29, 1.82) is 0 Å². The molecule has 2 rings (SSSR count). The van der Waals surface area contributed by atoms with Gasteiger partial charge in [-0.15, -0.1) is 0 Å². The number of rotatable bonds is 3. The number of halogens is 2. The number of hydrogen-bond acceptors (Lipinski definition) is 2. The predicted molar refractivity (Wildman–Crippen MR) is 63.4 cm³/mol. The number of aldehydes is 1. The Kier molecular flexibility index (Phi) is 3.23. The number of carbonyl (C=O) groups excluding carboxylic acids is 1. The van der Waals surface area contributed by atoms with Gasteiger partial charge in [-0.2, -0.15) is 9.49 Å². The summed E-state index contributed by atoms with van der Waals surface area (Å²) in [7, 11) is 0. The zero-order valence-corrected chi connectivity index (χ0v) is 10.0. The SMILES string of the molecule is CC(C)n1ncc(-c2ccc(F)c(C=O)c2)c1F. The molecule has 0 fully saturated rings. The van der Waals surface area contributed by atoms with Gasteiger partial charge in [-0.1, -0.05) is 6.07 Å². The van der Waals surface area contributed by atoms with E-state index in [1.54, 1.807) is 13.8 Å². The number of aromatic nitrogens is 2. The molecular formula is C13H12F2N2O. The molecule has 0 aliphatic rings. The van der Waals surface area contributed by atoms with Crippen LogP contribution in [-0.2, 0) is 0 Å². The van der Waals surface area contributed by atoms with Gasteiger partial charge in [-0.25, -0.2) is 9.07 Å². The maximum Gasteiger partial charge on any atom is 0.219 e. The molecule has 0 aliphatic heterocycles. The third-order valence-corrected chi connectivity index (χ3v) is 2.66. The van der Waals surface area contributed by atoms with E-state index in [1.807, 2.05) is 0 Å². The van der Waals surface area contributed by atoms with Gasteiger partial charge >= 0.3 is 0 Å². The van der Waals surface area contributed by atoms with Crippen LogP contribution in [0.25, 0.3) is 11.1 Å². The Hall–Kier alpha value is -2.04. The van der Waals surface area contributed by atoms with Crippen molar-refractivity contribution in [2.24, 2.45) is 0 Å². The molecule has 0 saturated heterocycles. The first-order valence-corrected chi connectivity index (χ1v) is 5.52. The average molecular weight is 250 g/mol. The Morgan fingerprint density at radius 3 is 2.61 bits per heavy atom. The van der Waals surface area contributed by atoms with Crippen LogP contribution in [0.4, 0.5) is 8.78 Å². The van der Waals surface area contributed by atoms with Crippen LogP contribution in [0.15, 0.2) is 24.4 Å². The summed E-state index contributed by atoms with van der Waals surface area (Å²) in [6.45, 7) is 3.61. The van der Waals surface area contributed by atoms with Crippen LogP contribution in [0.5, 0.6) is 0 Å². The van der Waals surface area contributed by atoms with E-state index in [-0.39, 0.29) is 17.2 Å². The van der Waals surface area contributed by atoms with Crippen molar-refractivity contribution >= 4 is 6.29 Å². The minimum Gasteiger partial charge on any atom is -0.298 e. The molecule has 0 aliphatic carbocycles. The molecule has 0 unspecified atom stereocenters. The molecule has 1 heterocycles. The minimum atomic E-state index is -0.620. The summed E-state index contributed by atoms with van der Waals surface area (Å²) < 4.78 is 28.4. The molecule has 5 heteroatoms. The molecule has 1 aromatic heterocycles. The Labute approximate surface area is 103 Å². The third-order valence-electron chi connectivity index (χ3n) is 2.66. The van der Waals surface area contributed by atoms with Crippen LogP contribution in [0.2, 0.25) is 0 Å². The highest BCUT2D eigenvalue weighted by molar-refractivity contribution is 5.79. The molecule has 3 nitrogen and oxygen atoms in total. The second kappa shape index (κ2) is 4.68. The molecule has 0 amide bonds. The number of hydrogen-bond donors (Lipinski definition) is 0. The number of nitrogens with zero attached hydrogens (tertiary/aromatic N) is 2. The summed E-state index contributed by atoms with van der Waals surface area (Å²) in [5, 5.41) is 3.93. The molecule has 0 atom stereocenters.